The molecule has 1 heterocycles. The first-order valence-corrected chi connectivity index (χ1v) is 12.6. The molecule has 0 bridgehead atoms. The number of unbranched alkanes of at least 4 members (excludes halogenated alkanes) is 1. The van der Waals surface area contributed by atoms with E-state index in [4.69, 9.17) is 21.1 Å². The molecule has 0 saturated heterocycles. The van der Waals surface area contributed by atoms with Crippen LogP contribution in [0.1, 0.15) is 30.0 Å². The molecule has 0 aromatic heterocycles. The molecule has 40 heavy (non-hydrogen) atoms. The molecule has 12 heteroatoms. The number of halogens is 5. The van der Waals surface area contributed by atoms with Gasteiger partial charge in [0.15, 0.2) is 11.6 Å². The third-order valence-corrected chi connectivity index (χ3v) is 6.38. The number of rotatable bonds is 11. The fraction of sp³-hybridized carbons (Fsp3) is 0.286. The van der Waals surface area contributed by atoms with Crippen molar-refractivity contribution in [3.63, 3.8) is 0 Å². The maximum Gasteiger partial charge on any atom is 0.573 e. The second-order valence-electron chi connectivity index (χ2n) is 8.88. The molecule has 1 unspecified atom stereocenters. The lowest BCUT2D eigenvalue weighted by Crippen LogP contribution is -2.37. The van der Waals surface area contributed by atoms with E-state index in [1.807, 2.05) is 0 Å². The summed E-state index contributed by atoms with van der Waals surface area (Å²) in [7, 11) is 1.47. The van der Waals surface area contributed by atoms with Crippen LogP contribution in [0.5, 0.6) is 17.2 Å². The van der Waals surface area contributed by atoms with Gasteiger partial charge in [0.1, 0.15) is 23.8 Å². The maximum atomic E-state index is 14.3. The summed E-state index contributed by atoms with van der Waals surface area (Å²) in [5.74, 6) is -1.82. The summed E-state index contributed by atoms with van der Waals surface area (Å²) in [6.07, 6.45) is -3.19. The van der Waals surface area contributed by atoms with Crippen LogP contribution in [0.4, 0.5) is 28.9 Å². The average molecular weight is 581 g/mol. The van der Waals surface area contributed by atoms with Crippen LogP contribution in [-0.4, -0.2) is 38.8 Å². The Kier molecular flexibility index (Phi) is 9.03. The van der Waals surface area contributed by atoms with Crippen molar-refractivity contribution in [2.45, 2.75) is 31.7 Å². The van der Waals surface area contributed by atoms with Crippen LogP contribution in [0.2, 0.25) is 5.02 Å². The molecule has 0 saturated carbocycles. The summed E-state index contributed by atoms with van der Waals surface area (Å²) in [4.78, 5) is 25.8. The molecule has 0 aliphatic carbocycles. The zero-order valence-corrected chi connectivity index (χ0v) is 22.0. The molecule has 1 atom stereocenters. The number of anilines is 2. The maximum absolute atomic E-state index is 14.3. The second-order valence-corrected chi connectivity index (χ2v) is 9.32. The van der Waals surface area contributed by atoms with Gasteiger partial charge >= 0.3 is 6.36 Å². The predicted octanol–water partition coefficient (Wildman–Crippen LogP) is 6.49. The zero-order chi connectivity index (χ0) is 28.9. The molecule has 0 radical (unpaired) electrons. The van der Waals surface area contributed by atoms with E-state index < -0.39 is 29.9 Å². The standard InChI is InChI=1S/C28H25ClF4N2O5/c1-38-21-13-20(14-22(15-21)39-11-3-2-10-36)34-26(17-4-6-19(29)7-5-17)27(37)35-9-8-18-12-23(30)25(16-24(18)35)40-28(31,32)33/h4-7,10,12-16,26,34H,2-3,8-9,11H2,1H3. The van der Waals surface area contributed by atoms with Gasteiger partial charge in [-0.25, -0.2) is 4.39 Å². The van der Waals surface area contributed by atoms with Gasteiger partial charge in [0.05, 0.1) is 19.4 Å². The van der Waals surface area contributed by atoms with Gasteiger partial charge in [-0.05, 0) is 42.2 Å². The van der Waals surface area contributed by atoms with Gasteiger partial charge in [-0.2, -0.15) is 0 Å². The molecule has 7 nitrogen and oxygen atoms in total. The average Bonchev–Trinajstić information content (AvgIpc) is 3.31. The number of hydrogen-bond acceptors (Lipinski definition) is 6. The molecule has 0 fully saturated rings. The summed E-state index contributed by atoms with van der Waals surface area (Å²) in [5, 5.41) is 3.61. The Bertz CT molecular complexity index is 1370. The van der Waals surface area contributed by atoms with Crippen molar-refractivity contribution < 1.29 is 41.4 Å². The minimum absolute atomic E-state index is 0.122. The molecule has 0 spiro atoms. The van der Waals surface area contributed by atoms with Crippen LogP contribution in [0.3, 0.4) is 0 Å². The summed E-state index contributed by atoms with van der Waals surface area (Å²) in [6, 6.07) is 12.3. The van der Waals surface area contributed by atoms with Crippen LogP contribution < -0.4 is 24.4 Å². The topological polar surface area (TPSA) is 77.1 Å². The van der Waals surface area contributed by atoms with E-state index in [2.05, 4.69) is 10.1 Å². The van der Waals surface area contributed by atoms with Gasteiger partial charge in [-0.3, -0.25) is 4.79 Å². The number of nitrogens with zero attached hydrogens (tertiary/aromatic N) is 1. The smallest absolute Gasteiger partial charge is 0.497 e. The molecule has 4 rings (SSSR count). The third-order valence-electron chi connectivity index (χ3n) is 6.13. The Balaban J connectivity index is 1.67. The van der Waals surface area contributed by atoms with E-state index in [9.17, 15) is 27.2 Å². The van der Waals surface area contributed by atoms with Crippen LogP contribution in [-0.2, 0) is 16.0 Å². The largest absolute Gasteiger partial charge is 0.573 e. The summed E-state index contributed by atoms with van der Waals surface area (Å²) >= 11 is 6.05. The van der Waals surface area contributed by atoms with E-state index in [0.29, 0.717) is 46.2 Å². The number of nitrogens with one attached hydrogen (secondary N) is 1. The highest BCUT2D eigenvalue weighted by Gasteiger charge is 2.36. The molecule has 1 aliphatic heterocycles. The number of benzene rings is 3. The highest BCUT2D eigenvalue weighted by Crippen LogP contribution is 2.38. The van der Waals surface area contributed by atoms with E-state index in [0.717, 1.165) is 18.4 Å². The fourth-order valence-electron chi connectivity index (χ4n) is 4.30. The van der Waals surface area contributed by atoms with E-state index in [-0.39, 0.29) is 25.3 Å². The lowest BCUT2D eigenvalue weighted by molar-refractivity contribution is -0.275. The van der Waals surface area contributed by atoms with Crippen molar-refractivity contribution in [1.29, 1.82) is 0 Å². The third kappa shape index (κ3) is 7.15. The minimum atomic E-state index is -5.10. The molecule has 212 valence electrons. The van der Waals surface area contributed by atoms with Crippen LogP contribution in [0, 0.1) is 5.82 Å². The first-order valence-electron chi connectivity index (χ1n) is 12.2. The van der Waals surface area contributed by atoms with Crippen molar-refractivity contribution in [3.05, 3.63) is 76.6 Å². The van der Waals surface area contributed by atoms with Gasteiger partial charge < -0.3 is 29.2 Å². The monoisotopic (exact) mass is 580 g/mol. The van der Waals surface area contributed by atoms with Gasteiger partial charge in [-0.1, -0.05) is 23.7 Å². The Morgan fingerprint density at radius 3 is 2.52 bits per heavy atom. The highest BCUT2D eigenvalue weighted by molar-refractivity contribution is 6.30. The van der Waals surface area contributed by atoms with E-state index in [1.54, 1.807) is 42.5 Å². The van der Waals surface area contributed by atoms with Crippen molar-refractivity contribution in [1.82, 2.24) is 0 Å². The summed E-state index contributed by atoms with van der Waals surface area (Å²) in [6.45, 7) is 0.409. The SMILES string of the molecule is COc1cc(NC(C(=O)N2CCc3cc(F)c(OC(F)(F)F)cc32)c2ccc(Cl)cc2)cc(OCCCC=O)c1. The Hall–Kier alpha value is -3.99. The minimum Gasteiger partial charge on any atom is -0.497 e. The first-order chi connectivity index (χ1) is 19.1. The van der Waals surface area contributed by atoms with Crippen molar-refractivity contribution in [3.8, 4) is 17.2 Å². The predicted molar refractivity (Wildman–Crippen MR) is 141 cm³/mol. The zero-order valence-electron chi connectivity index (χ0n) is 21.3. The highest BCUT2D eigenvalue weighted by atomic mass is 35.5. The summed E-state index contributed by atoms with van der Waals surface area (Å²) in [5.41, 5.74) is 1.48. The van der Waals surface area contributed by atoms with Crippen LogP contribution in [0.25, 0.3) is 0 Å². The normalized spacial score (nSPS) is 13.4. The number of fused-ring (bicyclic) bond motifs is 1. The molecule has 1 aliphatic rings. The number of methoxy groups -OCH3 is 1. The number of ether oxygens (including phenoxy) is 3. The number of hydrogen-bond donors (Lipinski definition) is 1. The Labute approximate surface area is 232 Å². The molecule has 1 N–H and O–H groups in total. The van der Waals surface area contributed by atoms with Gasteiger partial charge in [-0.15, -0.1) is 13.2 Å². The fourth-order valence-corrected chi connectivity index (χ4v) is 4.42. The quantitative estimate of drug-likeness (QED) is 0.159. The molecular formula is C28H25ClF4N2O5. The second kappa shape index (κ2) is 12.5. The summed E-state index contributed by atoms with van der Waals surface area (Å²) < 4.78 is 67.7. The Morgan fingerprint density at radius 1 is 1.12 bits per heavy atom. The van der Waals surface area contributed by atoms with Crippen LogP contribution in [0.15, 0.2) is 54.6 Å². The molecule has 1 amide bonds. The number of aldehydes is 1. The van der Waals surface area contributed by atoms with Gasteiger partial charge in [0.25, 0.3) is 5.91 Å². The lowest BCUT2D eigenvalue weighted by atomic mass is 10.0. The van der Waals surface area contributed by atoms with Crippen LogP contribution >= 0.6 is 11.6 Å². The van der Waals surface area contributed by atoms with Crippen molar-refractivity contribution >= 4 is 35.2 Å². The molecule has 3 aromatic carbocycles. The van der Waals surface area contributed by atoms with E-state index in [1.165, 1.54) is 12.0 Å². The first kappa shape index (κ1) is 29.0. The van der Waals surface area contributed by atoms with E-state index >= 15 is 0 Å². The molecular weight excluding hydrogens is 556 g/mol. The van der Waals surface area contributed by atoms with Gasteiger partial charge in [0.2, 0.25) is 0 Å². The number of alkyl halides is 3. The van der Waals surface area contributed by atoms with Crippen molar-refractivity contribution in [2.24, 2.45) is 0 Å². The number of amides is 1. The number of carbonyl (C=O) groups excluding carboxylic acids is 2. The van der Waals surface area contributed by atoms with Gasteiger partial charge in [0, 0.05) is 47.9 Å². The molecule has 3 aromatic rings. The van der Waals surface area contributed by atoms with Crippen molar-refractivity contribution in [2.75, 3.05) is 30.5 Å². The Morgan fingerprint density at radius 2 is 1.85 bits per heavy atom. The number of carbonyl (C=O) groups is 2. The lowest BCUT2D eigenvalue weighted by Gasteiger charge is -2.27.